The molecule has 14 heavy (non-hydrogen) atoms. The van der Waals surface area contributed by atoms with Crippen molar-refractivity contribution in [2.75, 3.05) is 7.11 Å². The summed E-state index contributed by atoms with van der Waals surface area (Å²) in [6.07, 6.45) is 1.50. The van der Waals surface area contributed by atoms with Crippen LogP contribution in [0.3, 0.4) is 0 Å². The molecule has 0 fully saturated rings. The van der Waals surface area contributed by atoms with E-state index in [-0.39, 0.29) is 5.57 Å². The zero-order chi connectivity index (χ0) is 10.6. The summed E-state index contributed by atoms with van der Waals surface area (Å²) in [4.78, 5) is 11.9. The van der Waals surface area contributed by atoms with Crippen molar-refractivity contribution in [3.05, 3.63) is 26.4 Å². The molecule has 1 heterocycles. The first kappa shape index (κ1) is 11.0. The molecule has 72 valence electrons. The maximum Gasteiger partial charge on any atom is 0.348 e. The van der Waals surface area contributed by atoms with Gasteiger partial charge in [-0.3, -0.25) is 0 Å². The maximum atomic E-state index is 11.0. The third-order valence-corrected chi connectivity index (χ3v) is 3.04. The molecule has 0 radical (unpaired) electrons. The van der Waals surface area contributed by atoms with Crippen molar-refractivity contribution in [3.63, 3.8) is 0 Å². The average Bonchev–Trinajstić information content (AvgIpc) is 2.59. The Kier molecular flexibility index (Phi) is 3.86. The fraction of sp³-hybridized carbons (Fsp3) is 0.111. The molecule has 0 aliphatic carbocycles. The molecule has 0 aromatic carbocycles. The van der Waals surface area contributed by atoms with Crippen molar-refractivity contribution in [3.8, 4) is 6.07 Å². The van der Waals surface area contributed by atoms with Crippen LogP contribution in [-0.4, -0.2) is 13.1 Å². The molecule has 0 atom stereocenters. The van der Waals surface area contributed by atoms with Crippen molar-refractivity contribution >= 4 is 39.3 Å². The Morgan fingerprint density at radius 2 is 2.50 bits per heavy atom. The standard InChI is InChI=1S/C9H6BrNO2S/c1-13-9(12)6(4-11)2-8-3-7(10)5-14-8/h2-3,5H,1H3. The minimum atomic E-state index is -0.614. The quantitative estimate of drug-likeness (QED) is 0.472. The van der Waals surface area contributed by atoms with Crippen LogP contribution >= 0.6 is 27.3 Å². The van der Waals surface area contributed by atoms with E-state index in [0.29, 0.717) is 0 Å². The van der Waals surface area contributed by atoms with Gasteiger partial charge in [0.2, 0.25) is 0 Å². The van der Waals surface area contributed by atoms with Crippen molar-refractivity contribution in [1.82, 2.24) is 0 Å². The van der Waals surface area contributed by atoms with E-state index in [1.807, 2.05) is 11.4 Å². The van der Waals surface area contributed by atoms with Crippen LogP contribution < -0.4 is 0 Å². The van der Waals surface area contributed by atoms with Gasteiger partial charge in [-0.1, -0.05) is 0 Å². The van der Waals surface area contributed by atoms with E-state index in [1.54, 1.807) is 6.07 Å². The fourth-order valence-corrected chi connectivity index (χ4v) is 2.17. The third-order valence-electron chi connectivity index (χ3n) is 1.40. The summed E-state index contributed by atoms with van der Waals surface area (Å²) in [5, 5.41) is 10.5. The summed E-state index contributed by atoms with van der Waals surface area (Å²) >= 11 is 4.72. The Bertz CT molecular complexity index is 417. The molecule has 3 nitrogen and oxygen atoms in total. The first-order chi connectivity index (χ1) is 6.67. The SMILES string of the molecule is COC(=O)C(C#N)=Cc1cc(Br)cs1. The van der Waals surface area contributed by atoms with E-state index in [1.165, 1.54) is 24.5 Å². The van der Waals surface area contributed by atoms with Gasteiger partial charge in [-0.15, -0.1) is 11.3 Å². The van der Waals surface area contributed by atoms with Gasteiger partial charge in [0.25, 0.3) is 0 Å². The minimum Gasteiger partial charge on any atom is -0.465 e. The van der Waals surface area contributed by atoms with E-state index in [4.69, 9.17) is 5.26 Å². The van der Waals surface area contributed by atoms with Crippen LogP contribution in [0.4, 0.5) is 0 Å². The lowest BCUT2D eigenvalue weighted by Gasteiger charge is -1.93. The van der Waals surface area contributed by atoms with E-state index < -0.39 is 5.97 Å². The first-order valence-electron chi connectivity index (χ1n) is 3.61. The van der Waals surface area contributed by atoms with Crippen LogP contribution in [0.2, 0.25) is 0 Å². The normalized spacial score (nSPS) is 10.8. The summed E-state index contributed by atoms with van der Waals surface area (Å²) in [6, 6.07) is 3.61. The lowest BCUT2D eigenvalue weighted by atomic mass is 10.2. The van der Waals surface area contributed by atoms with Crippen LogP contribution in [0.5, 0.6) is 0 Å². The molecule has 0 unspecified atom stereocenters. The van der Waals surface area contributed by atoms with Gasteiger partial charge in [0.15, 0.2) is 0 Å². The number of hydrogen-bond donors (Lipinski definition) is 0. The highest BCUT2D eigenvalue weighted by Crippen LogP contribution is 2.22. The zero-order valence-electron chi connectivity index (χ0n) is 7.28. The zero-order valence-corrected chi connectivity index (χ0v) is 9.68. The highest BCUT2D eigenvalue weighted by molar-refractivity contribution is 9.10. The number of hydrogen-bond acceptors (Lipinski definition) is 4. The molecule has 1 rings (SSSR count). The third kappa shape index (κ3) is 2.69. The summed E-state index contributed by atoms with van der Waals surface area (Å²) in [7, 11) is 1.25. The van der Waals surface area contributed by atoms with Gasteiger partial charge in [0.05, 0.1) is 7.11 Å². The molecule has 0 saturated carbocycles. The van der Waals surface area contributed by atoms with Crippen LogP contribution in [0.1, 0.15) is 4.88 Å². The Labute approximate surface area is 93.7 Å². The number of halogens is 1. The predicted octanol–water partition coefficient (Wildman–Crippen LogP) is 2.59. The molecule has 0 spiro atoms. The first-order valence-corrected chi connectivity index (χ1v) is 5.28. The molecule has 0 saturated heterocycles. The molecule has 0 aliphatic heterocycles. The smallest absolute Gasteiger partial charge is 0.348 e. The summed E-state index contributed by atoms with van der Waals surface area (Å²) < 4.78 is 5.37. The topological polar surface area (TPSA) is 50.1 Å². The van der Waals surface area contributed by atoms with E-state index in [0.717, 1.165) is 9.35 Å². The van der Waals surface area contributed by atoms with Gasteiger partial charge < -0.3 is 4.74 Å². The molecular formula is C9H6BrNO2S. The number of thiophene rings is 1. The Hall–Kier alpha value is -1.12. The van der Waals surface area contributed by atoms with Gasteiger partial charge in [-0.25, -0.2) is 4.79 Å². The molecule has 0 N–H and O–H groups in total. The second kappa shape index (κ2) is 4.94. The highest BCUT2D eigenvalue weighted by Gasteiger charge is 2.08. The van der Waals surface area contributed by atoms with Gasteiger partial charge in [0, 0.05) is 14.7 Å². The number of rotatable bonds is 2. The number of methoxy groups -OCH3 is 1. The van der Waals surface area contributed by atoms with E-state index in [2.05, 4.69) is 20.7 Å². The summed E-state index contributed by atoms with van der Waals surface area (Å²) in [5.41, 5.74) is 0.00171. The summed E-state index contributed by atoms with van der Waals surface area (Å²) in [5.74, 6) is -0.614. The molecular weight excluding hydrogens is 266 g/mol. The Morgan fingerprint density at radius 1 is 1.79 bits per heavy atom. The molecule has 0 bridgehead atoms. The van der Waals surface area contributed by atoms with Crippen molar-refractivity contribution in [1.29, 1.82) is 5.26 Å². The minimum absolute atomic E-state index is 0.00171. The van der Waals surface area contributed by atoms with Crippen LogP contribution in [0.25, 0.3) is 6.08 Å². The predicted molar refractivity (Wildman–Crippen MR) is 57.6 cm³/mol. The maximum absolute atomic E-state index is 11.0. The molecule has 1 aromatic rings. The number of ether oxygens (including phenoxy) is 1. The van der Waals surface area contributed by atoms with Crippen LogP contribution in [0.15, 0.2) is 21.5 Å². The van der Waals surface area contributed by atoms with Crippen LogP contribution in [0, 0.1) is 11.3 Å². The highest BCUT2D eigenvalue weighted by atomic mass is 79.9. The van der Waals surface area contributed by atoms with Gasteiger partial charge >= 0.3 is 5.97 Å². The number of carbonyl (C=O) groups is 1. The summed E-state index contributed by atoms with van der Waals surface area (Å²) in [6.45, 7) is 0. The van der Waals surface area contributed by atoms with Gasteiger partial charge in [0.1, 0.15) is 11.6 Å². The van der Waals surface area contributed by atoms with E-state index >= 15 is 0 Å². The number of nitriles is 1. The average molecular weight is 272 g/mol. The Balaban J connectivity index is 2.96. The van der Waals surface area contributed by atoms with E-state index in [9.17, 15) is 4.79 Å². The fourth-order valence-electron chi connectivity index (χ4n) is 0.793. The van der Waals surface area contributed by atoms with Crippen molar-refractivity contribution in [2.24, 2.45) is 0 Å². The number of carbonyl (C=O) groups excluding carboxylic acids is 1. The number of nitrogens with zero attached hydrogens (tertiary/aromatic N) is 1. The van der Waals surface area contributed by atoms with Crippen LogP contribution in [-0.2, 0) is 9.53 Å². The van der Waals surface area contributed by atoms with Crippen molar-refractivity contribution in [2.45, 2.75) is 0 Å². The lowest BCUT2D eigenvalue weighted by Crippen LogP contribution is -2.02. The second-order valence-electron chi connectivity index (χ2n) is 2.33. The van der Waals surface area contributed by atoms with Gasteiger partial charge in [-0.05, 0) is 28.1 Å². The molecule has 0 aliphatic rings. The van der Waals surface area contributed by atoms with Crippen molar-refractivity contribution < 1.29 is 9.53 Å². The van der Waals surface area contributed by atoms with Gasteiger partial charge in [-0.2, -0.15) is 5.26 Å². The molecule has 0 amide bonds. The number of esters is 1. The second-order valence-corrected chi connectivity index (χ2v) is 4.19. The molecule has 5 heteroatoms. The monoisotopic (exact) mass is 271 g/mol. The largest absolute Gasteiger partial charge is 0.465 e. The molecule has 1 aromatic heterocycles. The lowest BCUT2D eigenvalue weighted by molar-refractivity contribution is -0.135. The Morgan fingerprint density at radius 3 is 2.93 bits per heavy atom.